The van der Waals surface area contributed by atoms with Crippen LogP contribution in [-0.4, -0.2) is 38.8 Å². The molecule has 146 valence electrons. The van der Waals surface area contributed by atoms with Gasteiger partial charge >= 0.3 is 0 Å². The van der Waals surface area contributed by atoms with Crippen molar-refractivity contribution in [2.75, 3.05) is 13.1 Å². The van der Waals surface area contributed by atoms with Crippen LogP contribution in [0.4, 0.5) is 0 Å². The van der Waals surface area contributed by atoms with Crippen molar-refractivity contribution in [1.29, 1.82) is 0 Å². The Labute approximate surface area is 168 Å². The zero-order chi connectivity index (χ0) is 19.6. The van der Waals surface area contributed by atoms with Gasteiger partial charge in [-0.25, -0.2) is 9.97 Å². The summed E-state index contributed by atoms with van der Waals surface area (Å²) in [6.07, 6.45) is 6.08. The molecule has 4 aromatic rings. The van der Waals surface area contributed by atoms with Crippen LogP contribution in [0, 0.1) is 5.92 Å². The number of piperidine rings is 1. The number of carbonyl (C=O) groups excluding carboxylic acids is 1. The van der Waals surface area contributed by atoms with E-state index in [1.54, 1.807) is 6.20 Å². The van der Waals surface area contributed by atoms with Gasteiger partial charge in [0, 0.05) is 30.6 Å². The number of hydrogen-bond donors (Lipinski definition) is 1. The first-order valence-electron chi connectivity index (χ1n) is 9.98. The molecule has 1 unspecified atom stereocenters. The van der Waals surface area contributed by atoms with E-state index in [1.165, 1.54) is 6.39 Å². The van der Waals surface area contributed by atoms with Crippen molar-refractivity contribution in [2.24, 2.45) is 5.92 Å². The number of para-hydroxylation sites is 2. The third-order valence-corrected chi connectivity index (χ3v) is 5.58. The van der Waals surface area contributed by atoms with Gasteiger partial charge in [0.1, 0.15) is 5.82 Å². The molecule has 2 aromatic heterocycles. The van der Waals surface area contributed by atoms with E-state index in [2.05, 4.69) is 9.97 Å². The maximum Gasteiger partial charge on any atom is 0.253 e. The van der Waals surface area contributed by atoms with Crippen LogP contribution in [0.5, 0.6) is 0 Å². The Bertz CT molecular complexity index is 1080. The molecule has 2 aromatic carbocycles. The highest BCUT2D eigenvalue weighted by Crippen LogP contribution is 2.24. The van der Waals surface area contributed by atoms with Gasteiger partial charge in [-0.1, -0.05) is 24.3 Å². The normalized spacial score (nSPS) is 17.0. The van der Waals surface area contributed by atoms with E-state index in [9.17, 15) is 4.79 Å². The predicted octanol–water partition coefficient (Wildman–Crippen LogP) is 4.31. The van der Waals surface area contributed by atoms with E-state index in [0.717, 1.165) is 54.8 Å². The van der Waals surface area contributed by atoms with Gasteiger partial charge in [0.25, 0.3) is 5.91 Å². The summed E-state index contributed by atoms with van der Waals surface area (Å²) in [5.74, 6) is 2.21. The van der Waals surface area contributed by atoms with Crippen molar-refractivity contribution < 1.29 is 9.21 Å². The molecule has 0 bridgehead atoms. The number of nitrogens with one attached hydrogen (secondary N) is 1. The lowest BCUT2D eigenvalue weighted by molar-refractivity contribution is 0.0672. The molecule has 0 spiro atoms. The fourth-order valence-electron chi connectivity index (χ4n) is 4.11. The molecule has 1 aliphatic rings. The van der Waals surface area contributed by atoms with Crippen LogP contribution < -0.4 is 0 Å². The number of amides is 1. The minimum atomic E-state index is 0.0865. The molecule has 1 N–H and O–H groups in total. The van der Waals surface area contributed by atoms with Crippen molar-refractivity contribution >= 4 is 16.9 Å². The molecular formula is C23H22N4O2. The van der Waals surface area contributed by atoms with E-state index in [-0.39, 0.29) is 5.91 Å². The standard InChI is InChI=1S/C23H22N4O2/c28-23(18-9-7-17(8-10-18)21-13-24-15-29-21)27-11-3-4-16(14-27)12-22-25-19-5-1-2-6-20(19)26-22/h1-2,5-10,13,15-16H,3-4,11-12,14H2,(H,25,26). The molecule has 1 atom stereocenters. The minimum absolute atomic E-state index is 0.0865. The first-order valence-corrected chi connectivity index (χ1v) is 9.98. The van der Waals surface area contributed by atoms with Crippen molar-refractivity contribution in [2.45, 2.75) is 19.3 Å². The molecule has 3 heterocycles. The molecule has 29 heavy (non-hydrogen) atoms. The molecule has 6 heteroatoms. The lowest BCUT2D eigenvalue weighted by atomic mass is 9.94. The Morgan fingerprint density at radius 3 is 2.83 bits per heavy atom. The van der Waals surface area contributed by atoms with Gasteiger partial charge in [-0.3, -0.25) is 4.79 Å². The zero-order valence-electron chi connectivity index (χ0n) is 16.0. The van der Waals surface area contributed by atoms with Gasteiger partial charge < -0.3 is 14.3 Å². The van der Waals surface area contributed by atoms with Crippen molar-refractivity contribution in [3.05, 3.63) is 72.5 Å². The van der Waals surface area contributed by atoms with Crippen molar-refractivity contribution in [3.63, 3.8) is 0 Å². The second kappa shape index (κ2) is 7.54. The van der Waals surface area contributed by atoms with E-state index in [1.807, 2.05) is 53.4 Å². The van der Waals surface area contributed by atoms with Gasteiger partial charge in [0.05, 0.1) is 17.2 Å². The number of aromatic amines is 1. The predicted molar refractivity (Wildman–Crippen MR) is 110 cm³/mol. The number of oxazole rings is 1. The number of rotatable bonds is 4. The van der Waals surface area contributed by atoms with Crippen LogP contribution in [0.15, 0.2) is 65.5 Å². The second-order valence-electron chi connectivity index (χ2n) is 7.61. The summed E-state index contributed by atoms with van der Waals surface area (Å²) in [7, 11) is 0. The fraction of sp³-hybridized carbons (Fsp3) is 0.261. The number of benzene rings is 2. The molecule has 1 fully saturated rings. The summed E-state index contributed by atoms with van der Waals surface area (Å²) in [6, 6.07) is 15.6. The monoisotopic (exact) mass is 386 g/mol. The summed E-state index contributed by atoms with van der Waals surface area (Å²) >= 11 is 0. The Balaban J connectivity index is 1.26. The molecule has 5 rings (SSSR count). The van der Waals surface area contributed by atoms with E-state index >= 15 is 0 Å². The quantitative estimate of drug-likeness (QED) is 0.567. The number of nitrogens with zero attached hydrogens (tertiary/aromatic N) is 3. The lowest BCUT2D eigenvalue weighted by Crippen LogP contribution is -2.40. The number of imidazole rings is 1. The molecule has 1 saturated heterocycles. The number of carbonyl (C=O) groups is 1. The van der Waals surface area contributed by atoms with Crippen molar-refractivity contribution in [3.8, 4) is 11.3 Å². The van der Waals surface area contributed by atoms with E-state index < -0.39 is 0 Å². The Morgan fingerprint density at radius 1 is 1.17 bits per heavy atom. The van der Waals surface area contributed by atoms with Crippen molar-refractivity contribution in [1.82, 2.24) is 19.9 Å². The molecule has 1 amide bonds. The van der Waals surface area contributed by atoms with Gasteiger partial charge in [-0.15, -0.1) is 0 Å². The molecule has 0 radical (unpaired) electrons. The van der Waals surface area contributed by atoms with E-state index in [4.69, 9.17) is 9.40 Å². The molecular weight excluding hydrogens is 364 g/mol. The van der Waals surface area contributed by atoms with Gasteiger partial charge in [-0.2, -0.15) is 0 Å². The first-order chi connectivity index (χ1) is 14.3. The molecule has 6 nitrogen and oxygen atoms in total. The number of likely N-dealkylation sites (tertiary alicyclic amines) is 1. The third-order valence-electron chi connectivity index (χ3n) is 5.58. The zero-order valence-corrected chi connectivity index (χ0v) is 16.0. The lowest BCUT2D eigenvalue weighted by Gasteiger charge is -2.32. The Hall–Kier alpha value is -3.41. The number of H-pyrrole nitrogens is 1. The highest BCUT2D eigenvalue weighted by atomic mass is 16.3. The summed E-state index contributed by atoms with van der Waals surface area (Å²) in [5.41, 5.74) is 3.69. The number of fused-ring (bicyclic) bond motifs is 1. The summed E-state index contributed by atoms with van der Waals surface area (Å²) in [5, 5.41) is 0. The van der Waals surface area contributed by atoms with Crippen LogP contribution in [0.2, 0.25) is 0 Å². The first kappa shape index (κ1) is 17.7. The van der Waals surface area contributed by atoms with Gasteiger partial charge in [0.15, 0.2) is 12.2 Å². The number of hydrogen-bond acceptors (Lipinski definition) is 4. The molecule has 0 aliphatic carbocycles. The second-order valence-corrected chi connectivity index (χ2v) is 7.61. The molecule has 0 saturated carbocycles. The largest absolute Gasteiger partial charge is 0.444 e. The summed E-state index contributed by atoms with van der Waals surface area (Å²) in [6.45, 7) is 1.57. The van der Waals surface area contributed by atoms with Crippen LogP contribution in [-0.2, 0) is 6.42 Å². The summed E-state index contributed by atoms with van der Waals surface area (Å²) in [4.78, 5) is 27.0. The van der Waals surface area contributed by atoms with Gasteiger partial charge in [0.2, 0.25) is 0 Å². The Morgan fingerprint density at radius 2 is 2.03 bits per heavy atom. The Kier molecular flexibility index (Phi) is 4.60. The van der Waals surface area contributed by atoms with Crippen LogP contribution in [0.1, 0.15) is 29.0 Å². The molecule has 1 aliphatic heterocycles. The van der Waals surface area contributed by atoms with Crippen LogP contribution in [0.3, 0.4) is 0 Å². The highest BCUT2D eigenvalue weighted by Gasteiger charge is 2.25. The highest BCUT2D eigenvalue weighted by molar-refractivity contribution is 5.94. The fourth-order valence-corrected chi connectivity index (χ4v) is 4.11. The van der Waals surface area contributed by atoms with Crippen LogP contribution >= 0.6 is 0 Å². The van der Waals surface area contributed by atoms with E-state index in [0.29, 0.717) is 17.2 Å². The van der Waals surface area contributed by atoms with Gasteiger partial charge in [-0.05, 0) is 43.0 Å². The average molecular weight is 386 g/mol. The summed E-state index contributed by atoms with van der Waals surface area (Å²) < 4.78 is 5.31. The SMILES string of the molecule is O=C(c1ccc(-c2cnco2)cc1)N1CCCC(Cc2nc3ccccc3[nH]2)C1. The number of aromatic nitrogens is 3. The third kappa shape index (κ3) is 3.66. The average Bonchev–Trinajstić information content (AvgIpc) is 3.43. The topological polar surface area (TPSA) is 75.0 Å². The minimum Gasteiger partial charge on any atom is -0.444 e. The maximum atomic E-state index is 13.0. The smallest absolute Gasteiger partial charge is 0.253 e. The maximum absolute atomic E-state index is 13.0. The van der Waals surface area contributed by atoms with Crippen LogP contribution in [0.25, 0.3) is 22.4 Å².